The summed E-state index contributed by atoms with van der Waals surface area (Å²) in [5.41, 5.74) is 0.482. The molecule has 0 radical (unpaired) electrons. The van der Waals surface area contributed by atoms with Crippen LogP contribution in [0.3, 0.4) is 0 Å². The van der Waals surface area contributed by atoms with Crippen LogP contribution in [0.1, 0.15) is 6.92 Å². The van der Waals surface area contributed by atoms with Gasteiger partial charge in [-0.25, -0.2) is 14.9 Å². The number of ether oxygens (including phenoxy) is 1. The number of para-hydroxylation sites is 1. The van der Waals surface area contributed by atoms with Crippen LogP contribution in [0.25, 0.3) is 0 Å². The quantitative estimate of drug-likeness (QED) is 0.626. The van der Waals surface area contributed by atoms with E-state index in [2.05, 4.69) is 10.3 Å². The van der Waals surface area contributed by atoms with Crippen LogP contribution in [-0.4, -0.2) is 43.3 Å². The first-order chi connectivity index (χ1) is 11.1. The minimum atomic E-state index is -0.396. The topological polar surface area (TPSA) is 63.2 Å². The van der Waals surface area contributed by atoms with Crippen LogP contribution in [0.4, 0.5) is 5.69 Å². The van der Waals surface area contributed by atoms with E-state index in [1.54, 1.807) is 36.3 Å². The van der Waals surface area contributed by atoms with E-state index in [-0.39, 0.29) is 6.61 Å². The van der Waals surface area contributed by atoms with Crippen molar-refractivity contribution >= 4 is 40.8 Å². The van der Waals surface area contributed by atoms with Crippen molar-refractivity contribution in [3.05, 3.63) is 40.4 Å². The van der Waals surface area contributed by atoms with Gasteiger partial charge in [-0.05, 0) is 25.1 Å². The van der Waals surface area contributed by atoms with E-state index in [0.29, 0.717) is 41.4 Å². The second kappa shape index (κ2) is 8.76. The van der Waals surface area contributed by atoms with Crippen LogP contribution in [-0.2, 0) is 14.4 Å². The smallest absolute Gasteiger partial charge is 0.330 e. The summed E-state index contributed by atoms with van der Waals surface area (Å²) < 4.78 is 4.78. The molecule has 1 aromatic rings. The summed E-state index contributed by atoms with van der Waals surface area (Å²) in [6.07, 6.45) is 2.91. The van der Waals surface area contributed by atoms with Crippen LogP contribution in [0, 0.1) is 0 Å². The number of esters is 1. The fourth-order valence-corrected chi connectivity index (χ4v) is 2.34. The van der Waals surface area contributed by atoms with Gasteiger partial charge >= 0.3 is 5.97 Å². The van der Waals surface area contributed by atoms with Gasteiger partial charge in [-0.1, -0.05) is 29.3 Å². The number of carbonyl (C=O) groups is 1. The van der Waals surface area contributed by atoms with E-state index in [4.69, 9.17) is 32.8 Å². The molecule has 0 aromatic heterocycles. The monoisotopic (exact) mass is 357 g/mol. The average molecular weight is 358 g/mol. The van der Waals surface area contributed by atoms with E-state index in [9.17, 15) is 4.79 Å². The summed E-state index contributed by atoms with van der Waals surface area (Å²) in [5.74, 6) is 0.122. The number of hydroxylamine groups is 2. The number of benzene rings is 1. The Kier molecular flexibility index (Phi) is 6.70. The zero-order chi connectivity index (χ0) is 16.7. The van der Waals surface area contributed by atoms with Crippen LogP contribution in [0.2, 0.25) is 10.0 Å². The largest absolute Gasteiger partial charge is 0.463 e. The van der Waals surface area contributed by atoms with Crippen molar-refractivity contribution < 1.29 is 14.4 Å². The lowest BCUT2D eigenvalue weighted by Crippen LogP contribution is -2.30. The molecule has 2 rings (SSSR count). The van der Waals surface area contributed by atoms with Gasteiger partial charge in [0, 0.05) is 12.6 Å². The molecule has 0 bridgehead atoms. The van der Waals surface area contributed by atoms with Crippen molar-refractivity contribution in [2.45, 2.75) is 6.92 Å². The van der Waals surface area contributed by atoms with Gasteiger partial charge in [0.05, 0.1) is 29.8 Å². The molecule has 0 unspecified atom stereocenters. The molecule has 0 aliphatic carbocycles. The molecule has 0 spiro atoms. The number of halogens is 2. The van der Waals surface area contributed by atoms with Crippen molar-refractivity contribution in [1.82, 2.24) is 10.4 Å². The van der Waals surface area contributed by atoms with Crippen molar-refractivity contribution in [2.75, 3.05) is 26.3 Å². The Hall–Kier alpha value is -1.76. The van der Waals surface area contributed by atoms with Gasteiger partial charge in [-0.15, -0.1) is 0 Å². The predicted molar refractivity (Wildman–Crippen MR) is 90.0 cm³/mol. The normalized spacial score (nSPS) is 16.1. The molecule has 1 aliphatic heterocycles. The third-order valence-electron chi connectivity index (χ3n) is 2.86. The highest BCUT2D eigenvalue weighted by Crippen LogP contribution is 2.33. The molecule has 1 heterocycles. The molecule has 8 heteroatoms. The van der Waals surface area contributed by atoms with E-state index in [0.717, 1.165) is 0 Å². The van der Waals surface area contributed by atoms with Crippen molar-refractivity contribution in [3.8, 4) is 0 Å². The number of carbonyl (C=O) groups excluding carboxylic acids is 1. The van der Waals surface area contributed by atoms with Crippen LogP contribution in [0.5, 0.6) is 0 Å². The van der Waals surface area contributed by atoms with Gasteiger partial charge in [0.15, 0.2) is 0 Å². The number of rotatable bonds is 6. The lowest BCUT2D eigenvalue weighted by atomic mass is 10.3. The van der Waals surface area contributed by atoms with Crippen molar-refractivity contribution in [2.24, 2.45) is 4.99 Å². The Balaban J connectivity index is 1.98. The van der Waals surface area contributed by atoms with E-state index in [1.807, 2.05) is 0 Å². The molecule has 6 nitrogen and oxygen atoms in total. The number of nitrogens with zero attached hydrogens (tertiary/aromatic N) is 2. The third-order valence-corrected chi connectivity index (χ3v) is 3.47. The second-order valence-corrected chi connectivity index (χ2v) is 5.30. The Morgan fingerprint density at radius 1 is 1.43 bits per heavy atom. The summed E-state index contributed by atoms with van der Waals surface area (Å²) >= 11 is 12.2. The minimum absolute atomic E-state index is 0.218. The van der Waals surface area contributed by atoms with Gasteiger partial charge in [-0.2, -0.15) is 0 Å². The third kappa shape index (κ3) is 5.13. The molecule has 0 saturated carbocycles. The number of aliphatic imine (C=N–C) groups is 1. The highest BCUT2D eigenvalue weighted by atomic mass is 35.5. The molecule has 1 aliphatic rings. The molecule has 0 atom stereocenters. The SMILES string of the molecule is CCOC(=O)C=CCON1CCNC1=Nc1c(Cl)cccc1Cl. The maximum absolute atomic E-state index is 11.2. The molecule has 1 saturated heterocycles. The molecule has 1 N–H and O–H groups in total. The fraction of sp³-hybridized carbons (Fsp3) is 0.333. The number of hydrogen-bond acceptors (Lipinski definition) is 4. The van der Waals surface area contributed by atoms with Gasteiger partial charge < -0.3 is 10.1 Å². The minimum Gasteiger partial charge on any atom is -0.463 e. The Labute approximate surface area is 144 Å². The Morgan fingerprint density at radius 2 is 2.17 bits per heavy atom. The first-order valence-corrected chi connectivity index (χ1v) is 7.87. The molecule has 0 amide bonds. The number of nitrogens with one attached hydrogen (secondary N) is 1. The molecule has 1 fully saturated rings. The van der Waals surface area contributed by atoms with Gasteiger partial charge in [0.25, 0.3) is 0 Å². The standard InChI is InChI=1S/C15H17Cl2N3O3/c1-2-22-13(21)7-4-10-23-20-9-8-18-15(20)19-14-11(16)5-3-6-12(14)17/h3-7H,2,8-10H2,1H3,(H,18,19). The average Bonchev–Trinajstić information content (AvgIpc) is 2.95. The molecular formula is C15H17Cl2N3O3. The van der Waals surface area contributed by atoms with E-state index < -0.39 is 5.97 Å². The van der Waals surface area contributed by atoms with Crippen molar-refractivity contribution in [1.29, 1.82) is 0 Å². The zero-order valence-electron chi connectivity index (χ0n) is 12.6. The summed E-state index contributed by atoms with van der Waals surface area (Å²) in [7, 11) is 0. The summed E-state index contributed by atoms with van der Waals surface area (Å²) in [5, 5.41) is 5.61. The second-order valence-electron chi connectivity index (χ2n) is 4.48. The number of hydrogen-bond donors (Lipinski definition) is 1. The molecule has 1 aromatic carbocycles. The van der Waals surface area contributed by atoms with Gasteiger partial charge in [0.2, 0.25) is 5.96 Å². The Morgan fingerprint density at radius 3 is 2.87 bits per heavy atom. The fourth-order valence-electron chi connectivity index (χ4n) is 1.85. The molecular weight excluding hydrogens is 341 g/mol. The highest BCUT2D eigenvalue weighted by Gasteiger charge is 2.19. The first-order valence-electron chi connectivity index (χ1n) is 7.12. The summed E-state index contributed by atoms with van der Waals surface area (Å²) in [6.45, 7) is 3.61. The van der Waals surface area contributed by atoms with Gasteiger partial charge in [-0.3, -0.25) is 4.84 Å². The maximum atomic E-state index is 11.2. The molecule has 23 heavy (non-hydrogen) atoms. The lowest BCUT2D eigenvalue weighted by molar-refractivity contribution is -0.137. The number of guanidine groups is 1. The summed E-state index contributed by atoms with van der Waals surface area (Å²) in [6, 6.07) is 5.19. The first kappa shape index (κ1) is 17.6. The van der Waals surface area contributed by atoms with E-state index >= 15 is 0 Å². The van der Waals surface area contributed by atoms with Crippen molar-refractivity contribution in [3.63, 3.8) is 0 Å². The molecule has 124 valence electrons. The van der Waals surface area contributed by atoms with E-state index in [1.165, 1.54) is 6.08 Å². The maximum Gasteiger partial charge on any atom is 0.330 e. The van der Waals surface area contributed by atoms with Crippen LogP contribution < -0.4 is 5.32 Å². The highest BCUT2D eigenvalue weighted by molar-refractivity contribution is 6.38. The van der Waals surface area contributed by atoms with Crippen LogP contribution >= 0.6 is 23.2 Å². The predicted octanol–water partition coefficient (Wildman–Crippen LogP) is 2.94. The lowest BCUT2D eigenvalue weighted by Gasteiger charge is -2.16. The summed E-state index contributed by atoms with van der Waals surface area (Å²) in [4.78, 5) is 21.1. The Bertz CT molecular complexity index is 600. The zero-order valence-corrected chi connectivity index (χ0v) is 14.1. The van der Waals surface area contributed by atoms with Gasteiger partial charge in [0.1, 0.15) is 5.69 Å². The van der Waals surface area contributed by atoms with Crippen LogP contribution in [0.15, 0.2) is 35.3 Å².